The van der Waals surface area contributed by atoms with Crippen molar-refractivity contribution in [1.29, 1.82) is 0 Å². The molecule has 0 amide bonds. The zero-order valence-corrected chi connectivity index (χ0v) is 11.2. The van der Waals surface area contributed by atoms with Crippen LogP contribution in [0.1, 0.15) is 6.92 Å². The summed E-state index contributed by atoms with van der Waals surface area (Å²) >= 11 is 3.43. The van der Waals surface area contributed by atoms with Crippen LogP contribution in [0.5, 0.6) is 0 Å². The second-order valence-corrected chi connectivity index (χ2v) is 4.23. The molecule has 6 heteroatoms. The molecule has 1 aliphatic rings. The molecule has 1 rings (SSSR count). The molecule has 0 radical (unpaired) electrons. The maximum atomic E-state index is 5.52. The van der Waals surface area contributed by atoms with Gasteiger partial charge in [0.05, 0.1) is 0 Å². The van der Waals surface area contributed by atoms with Crippen molar-refractivity contribution in [3.05, 3.63) is 10.7 Å². The maximum absolute atomic E-state index is 5.52. The number of methoxy groups -OCH3 is 2. The number of rotatable bonds is 5. The van der Waals surface area contributed by atoms with Crippen molar-refractivity contribution >= 4 is 21.8 Å². The van der Waals surface area contributed by atoms with Gasteiger partial charge < -0.3 is 18.9 Å². The predicted molar refractivity (Wildman–Crippen MR) is 63.3 cm³/mol. The monoisotopic (exact) mass is 293 g/mol. The molecule has 0 N–H and O–H groups in total. The molecule has 0 bridgehead atoms. The smallest absolute Gasteiger partial charge is 0.220 e. The van der Waals surface area contributed by atoms with E-state index >= 15 is 0 Å². The van der Waals surface area contributed by atoms with Crippen LogP contribution in [0.4, 0.5) is 0 Å². The zero-order chi connectivity index (χ0) is 12.0. The molecule has 0 saturated heterocycles. The van der Waals surface area contributed by atoms with Crippen molar-refractivity contribution in [3.8, 4) is 0 Å². The molecule has 0 spiro atoms. The SMILES string of the molecule is COCOC1=NC=C(Br)C(C)C1OCOC. The Morgan fingerprint density at radius 3 is 2.62 bits per heavy atom. The lowest BCUT2D eigenvalue weighted by molar-refractivity contribution is -0.0715. The molecule has 92 valence electrons. The molecular weight excluding hydrogens is 278 g/mol. The summed E-state index contributed by atoms with van der Waals surface area (Å²) in [4.78, 5) is 4.16. The molecule has 0 saturated carbocycles. The molecule has 5 nitrogen and oxygen atoms in total. The first-order valence-electron chi connectivity index (χ1n) is 4.86. The van der Waals surface area contributed by atoms with Crippen LogP contribution in [0.25, 0.3) is 0 Å². The van der Waals surface area contributed by atoms with Crippen LogP contribution in [0.3, 0.4) is 0 Å². The Kier molecular flexibility index (Phi) is 5.97. The fourth-order valence-electron chi connectivity index (χ4n) is 1.27. The van der Waals surface area contributed by atoms with Gasteiger partial charge >= 0.3 is 0 Å². The number of aliphatic imine (C=N–C) groups is 1. The third kappa shape index (κ3) is 3.55. The minimum atomic E-state index is -0.255. The summed E-state index contributed by atoms with van der Waals surface area (Å²) in [5, 5.41) is 0. The Morgan fingerprint density at radius 1 is 1.31 bits per heavy atom. The highest BCUT2D eigenvalue weighted by Gasteiger charge is 2.30. The van der Waals surface area contributed by atoms with Gasteiger partial charge in [-0.15, -0.1) is 0 Å². The van der Waals surface area contributed by atoms with E-state index in [9.17, 15) is 0 Å². The van der Waals surface area contributed by atoms with E-state index in [1.807, 2.05) is 6.92 Å². The lowest BCUT2D eigenvalue weighted by atomic mass is 10.0. The standard InChI is InChI=1S/C10H16BrNO4/c1-7-8(11)4-12-10(16-6-14-3)9(7)15-5-13-2/h4,7,9H,5-6H2,1-3H3. The van der Waals surface area contributed by atoms with E-state index in [2.05, 4.69) is 20.9 Å². The topological polar surface area (TPSA) is 49.3 Å². The van der Waals surface area contributed by atoms with Crippen molar-refractivity contribution in [2.75, 3.05) is 27.8 Å². The van der Waals surface area contributed by atoms with E-state index in [1.165, 1.54) is 0 Å². The molecule has 0 aromatic carbocycles. The molecule has 1 heterocycles. The largest absolute Gasteiger partial charge is 0.452 e. The van der Waals surface area contributed by atoms with Crippen molar-refractivity contribution in [3.63, 3.8) is 0 Å². The van der Waals surface area contributed by atoms with E-state index in [-0.39, 0.29) is 25.6 Å². The number of halogens is 1. The third-order valence-electron chi connectivity index (χ3n) is 2.14. The maximum Gasteiger partial charge on any atom is 0.220 e. The van der Waals surface area contributed by atoms with Crippen LogP contribution in [0, 0.1) is 5.92 Å². The van der Waals surface area contributed by atoms with Crippen molar-refractivity contribution < 1.29 is 18.9 Å². The second-order valence-electron chi connectivity index (χ2n) is 3.31. The van der Waals surface area contributed by atoms with Gasteiger partial charge in [0.1, 0.15) is 12.9 Å². The minimum absolute atomic E-state index is 0.138. The van der Waals surface area contributed by atoms with Gasteiger partial charge in [0.15, 0.2) is 6.79 Å². The Morgan fingerprint density at radius 2 is 2.00 bits per heavy atom. The first kappa shape index (κ1) is 13.6. The van der Waals surface area contributed by atoms with Crippen LogP contribution in [0.15, 0.2) is 15.7 Å². The van der Waals surface area contributed by atoms with Gasteiger partial charge in [-0.05, 0) is 0 Å². The van der Waals surface area contributed by atoms with E-state index in [4.69, 9.17) is 18.9 Å². The lowest BCUT2D eigenvalue weighted by Gasteiger charge is -2.27. The third-order valence-corrected chi connectivity index (χ3v) is 3.06. The van der Waals surface area contributed by atoms with Crippen LogP contribution < -0.4 is 0 Å². The second kappa shape index (κ2) is 7.01. The number of ether oxygens (including phenoxy) is 4. The molecule has 2 atom stereocenters. The molecule has 0 aliphatic carbocycles. The summed E-state index contributed by atoms with van der Waals surface area (Å²) in [5.74, 6) is 0.647. The summed E-state index contributed by atoms with van der Waals surface area (Å²) in [7, 11) is 3.13. The fourth-order valence-corrected chi connectivity index (χ4v) is 1.61. The van der Waals surface area contributed by atoms with Gasteiger partial charge in [-0.2, -0.15) is 0 Å². The van der Waals surface area contributed by atoms with Crippen LogP contribution in [0.2, 0.25) is 0 Å². The molecule has 2 unspecified atom stereocenters. The van der Waals surface area contributed by atoms with Gasteiger partial charge in [-0.3, -0.25) is 0 Å². The Labute approximate surface area is 104 Å². The van der Waals surface area contributed by atoms with Gasteiger partial charge in [0.2, 0.25) is 5.90 Å². The van der Waals surface area contributed by atoms with Crippen molar-refractivity contribution in [2.45, 2.75) is 13.0 Å². The van der Waals surface area contributed by atoms with E-state index in [0.717, 1.165) is 4.48 Å². The summed E-state index contributed by atoms with van der Waals surface area (Å²) in [6.07, 6.45) is 1.46. The number of hydrogen-bond donors (Lipinski definition) is 0. The summed E-state index contributed by atoms with van der Waals surface area (Å²) < 4.78 is 21.6. The Balaban J connectivity index is 2.66. The highest BCUT2D eigenvalue weighted by Crippen LogP contribution is 2.28. The average molecular weight is 294 g/mol. The zero-order valence-electron chi connectivity index (χ0n) is 9.60. The molecular formula is C10H16BrNO4. The van der Waals surface area contributed by atoms with Crippen LogP contribution in [-0.4, -0.2) is 39.8 Å². The quantitative estimate of drug-likeness (QED) is 0.726. The van der Waals surface area contributed by atoms with E-state index in [0.29, 0.717) is 5.90 Å². The van der Waals surface area contributed by atoms with Gasteiger partial charge in [0, 0.05) is 30.8 Å². The van der Waals surface area contributed by atoms with Crippen molar-refractivity contribution in [2.24, 2.45) is 10.9 Å². The molecule has 1 aliphatic heterocycles. The Bertz CT molecular complexity index is 280. The molecule has 0 fully saturated rings. The summed E-state index contributed by atoms with van der Waals surface area (Å²) in [6.45, 7) is 2.38. The highest BCUT2D eigenvalue weighted by molar-refractivity contribution is 9.11. The number of nitrogens with zero attached hydrogens (tertiary/aromatic N) is 1. The lowest BCUT2D eigenvalue weighted by Crippen LogP contribution is -2.36. The fraction of sp³-hybridized carbons (Fsp3) is 0.700. The Hall–Kier alpha value is -0.430. The van der Waals surface area contributed by atoms with E-state index < -0.39 is 0 Å². The molecule has 0 aromatic heterocycles. The van der Waals surface area contributed by atoms with Crippen molar-refractivity contribution in [1.82, 2.24) is 0 Å². The van der Waals surface area contributed by atoms with Gasteiger partial charge in [0.25, 0.3) is 0 Å². The predicted octanol–water partition coefficient (Wildman–Crippen LogP) is 1.88. The average Bonchev–Trinajstić information content (AvgIpc) is 2.29. The van der Waals surface area contributed by atoms with Gasteiger partial charge in [-0.1, -0.05) is 22.9 Å². The summed E-state index contributed by atoms with van der Waals surface area (Å²) in [5.41, 5.74) is 0. The normalized spacial score (nSPS) is 25.0. The number of hydrogen-bond acceptors (Lipinski definition) is 5. The van der Waals surface area contributed by atoms with Crippen LogP contribution in [-0.2, 0) is 18.9 Å². The van der Waals surface area contributed by atoms with Crippen LogP contribution >= 0.6 is 15.9 Å². The first-order valence-corrected chi connectivity index (χ1v) is 5.65. The van der Waals surface area contributed by atoms with E-state index in [1.54, 1.807) is 20.4 Å². The van der Waals surface area contributed by atoms with Gasteiger partial charge in [-0.25, -0.2) is 4.99 Å². The first-order chi connectivity index (χ1) is 7.70. The molecule has 0 aromatic rings. The minimum Gasteiger partial charge on any atom is -0.452 e. The summed E-state index contributed by atoms with van der Waals surface area (Å²) in [6, 6.07) is 0. The highest BCUT2D eigenvalue weighted by atomic mass is 79.9. The molecule has 16 heavy (non-hydrogen) atoms.